The highest BCUT2D eigenvalue weighted by molar-refractivity contribution is 5.88. The summed E-state index contributed by atoms with van der Waals surface area (Å²) in [5.74, 6) is -0.0113. The Kier molecular flexibility index (Phi) is 5.55. The van der Waals surface area contributed by atoms with Crippen LogP contribution in [0, 0.1) is 0 Å². The van der Waals surface area contributed by atoms with Gasteiger partial charge in [0.2, 0.25) is 0 Å². The smallest absolute Gasteiger partial charge is 0.412 e. The van der Waals surface area contributed by atoms with Crippen LogP contribution in [-0.2, 0) is 9.53 Å². The monoisotopic (exact) mass is 279 g/mol. The van der Waals surface area contributed by atoms with Gasteiger partial charge in [-0.15, -0.1) is 0 Å². The van der Waals surface area contributed by atoms with Crippen molar-refractivity contribution in [3.63, 3.8) is 0 Å². The summed E-state index contributed by atoms with van der Waals surface area (Å²) in [4.78, 5) is 23.2. The molecule has 1 aromatic carbocycles. The summed E-state index contributed by atoms with van der Waals surface area (Å²) in [6, 6.07) is 6.75. The lowest BCUT2D eigenvalue weighted by Crippen LogP contribution is -2.27. The second kappa shape index (κ2) is 6.93. The lowest BCUT2D eigenvalue weighted by molar-refractivity contribution is -0.134. The van der Waals surface area contributed by atoms with Crippen LogP contribution < -0.4 is 10.1 Å². The van der Waals surface area contributed by atoms with Crippen molar-refractivity contribution in [1.82, 2.24) is 0 Å². The van der Waals surface area contributed by atoms with Gasteiger partial charge >= 0.3 is 12.1 Å². The lowest BCUT2D eigenvalue weighted by Gasteiger charge is -2.20. The number of amides is 1. The van der Waals surface area contributed by atoms with E-state index in [1.54, 1.807) is 45.0 Å². The maximum absolute atomic E-state index is 11.7. The van der Waals surface area contributed by atoms with E-state index in [1.165, 1.54) is 0 Å². The van der Waals surface area contributed by atoms with E-state index in [9.17, 15) is 9.59 Å². The van der Waals surface area contributed by atoms with E-state index >= 15 is 0 Å². The van der Waals surface area contributed by atoms with Gasteiger partial charge in [-0.05, 0) is 39.3 Å². The number of benzene rings is 1. The molecule has 1 amide bonds. The highest BCUT2D eigenvalue weighted by atomic mass is 16.6. The van der Waals surface area contributed by atoms with E-state index < -0.39 is 11.7 Å². The van der Waals surface area contributed by atoms with Crippen molar-refractivity contribution in [2.24, 2.45) is 0 Å². The molecular weight excluding hydrogens is 258 g/mol. The number of nitrogens with one attached hydrogen (secondary N) is 1. The zero-order valence-corrected chi connectivity index (χ0v) is 12.4. The molecule has 0 unspecified atom stereocenters. The van der Waals surface area contributed by atoms with Crippen LogP contribution in [0.5, 0.6) is 5.75 Å². The SMILES string of the molecule is CCCC(=O)Oc1ccccc1NC(=O)OC(C)(C)C. The van der Waals surface area contributed by atoms with Crippen LogP contribution in [0.2, 0.25) is 0 Å². The van der Waals surface area contributed by atoms with E-state index in [0.29, 0.717) is 24.3 Å². The largest absolute Gasteiger partial charge is 0.444 e. The molecule has 5 nitrogen and oxygen atoms in total. The Morgan fingerprint density at radius 3 is 2.45 bits per heavy atom. The molecule has 0 atom stereocenters. The van der Waals surface area contributed by atoms with Gasteiger partial charge in [0, 0.05) is 6.42 Å². The van der Waals surface area contributed by atoms with Crippen LogP contribution in [0.1, 0.15) is 40.5 Å². The van der Waals surface area contributed by atoms with E-state index in [4.69, 9.17) is 9.47 Å². The van der Waals surface area contributed by atoms with Crippen LogP contribution in [0.3, 0.4) is 0 Å². The van der Waals surface area contributed by atoms with E-state index in [-0.39, 0.29) is 5.97 Å². The summed E-state index contributed by atoms with van der Waals surface area (Å²) in [5, 5.41) is 2.58. The number of hydrogen-bond donors (Lipinski definition) is 1. The van der Waals surface area contributed by atoms with Crippen molar-refractivity contribution >= 4 is 17.7 Å². The second-order valence-electron chi connectivity index (χ2n) is 5.35. The number of anilines is 1. The van der Waals surface area contributed by atoms with Crippen LogP contribution in [-0.4, -0.2) is 17.7 Å². The fraction of sp³-hybridized carbons (Fsp3) is 0.467. The Balaban J connectivity index is 2.75. The fourth-order valence-electron chi connectivity index (χ4n) is 1.45. The predicted octanol–water partition coefficient (Wildman–Crippen LogP) is 3.74. The number of carbonyl (C=O) groups is 2. The molecule has 5 heteroatoms. The molecule has 0 heterocycles. The molecule has 0 saturated heterocycles. The minimum absolute atomic E-state index is 0.316. The average Bonchev–Trinajstić information content (AvgIpc) is 2.29. The molecule has 0 spiro atoms. The first-order valence-electron chi connectivity index (χ1n) is 6.61. The summed E-state index contributed by atoms with van der Waals surface area (Å²) in [6.07, 6.45) is 0.456. The minimum atomic E-state index is -0.587. The predicted molar refractivity (Wildman–Crippen MR) is 76.8 cm³/mol. The third-order valence-corrected chi connectivity index (χ3v) is 2.20. The van der Waals surface area contributed by atoms with Gasteiger partial charge < -0.3 is 9.47 Å². The Morgan fingerprint density at radius 2 is 1.85 bits per heavy atom. The van der Waals surface area contributed by atoms with Crippen molar-refractivity contribution in [3.05, 3.63) is 24.3 Å². The number of esters is 1. The van der Waals surface area contributed by atoms with E-state index in [2.05, 4.69) is 5.32 Å². The Bertz CT molecular complexity index is 477. The third-order valence-electron chi connectivity index (χ3n) is 2.20. The molecule has 0 aromatic heterocycles. The number of carbonyl (C=O) groups excluding carboxylic acids is 2. The normalized spacial score (nSPS) is 10.8. The maximum atomic E-state index is 11.7. The minimum Gasteiger partial charge on any atom is -0.444 e. The number of para-hydroxylation sites is 2. The topological polar surface area (TPSA) is 64.6 Å². The van der Waals surface area contributed by atoms with Crippen molar-refractivity contribution in [2.45, 2.75) is 46.1 Å². The van der Waals surface area contributed by atoms with E-state index in [0.717, 1.165) is 0 Å². The van der Waals surface area contributed by atoms with Crippen LogP contribution in [0.25, 0.3) is 0 Å². The van der Waals surface area contributed by atoms with Crippen molar-refractivity contribution in [1.29, 1.82) is 0 Å². The lowest BCUT2D eigenvalue weighted by atomic mass is 10.2. The van der Waals surface area contributed by atoms with Gasteiger partial charge in [-0.25, -0.2) is 4.79 Å². The Hall–Kier alpha value is -2.04. The number of hydrogen-bond acceptors (Lipinski definition) is 4. The van der Waals surface area contributed by atoms with Gasteiger partial charge in [0.05, 0.1) is 5.69 Å². The molecule has 0 saturated carbocycles. The molecule has 1 N–H and O–H groups in total. The van der Waals surface area contributed by atoms with E-state index in [1.807, 2.05) is 6.92 Å². The first-order valence-corrected chi connectivity index (χ1v) is 6.61. The van der Waals surface area contributed by atoms with Crippen molar-refractivity contribution in [2.75, 3.05) is 5.32 Å². The van der Waals surface area contributed by atoms with Gasteiger partial charge in [-0.3, -0.25) is 10.1 Å². The molecule has 0 aliphatic heterocycles. The Labute approximate surface area is 119 Å². The molecule has 0 bridgehead atoms. The number of rotatable bonds is 4. The summed E-state index contributed by atoms with van der Waals surface area (Å²) in [5.41, 5.74) is -0.177. The Morgan fingerprint density at radius 1 is 1.20 bits per heavy atom. The van der Waals surface area contributed by atoms with Gasteiger partial charge in [0.1, 0.15) is 5.60 Å². The standard InChI is InChI=1S/C15H21NO4/c1-5-8-13(17)19-12-10-7-6-9-11(12)16-14(18)20-15(2,3)4/h6-7,9-10H,5,8H2,1-4H3,(H,16,18). The molecule has 20 heavy (non-hydrogen) atoms. The molecule has 1 rings (SSSR count). The zero-order valence-electron chi connectivity index (χ0n) is 12.4. The summed E-state index contributed by atoms with van der Waals surface area (Å²) in [6.45, 7) is 7.23. The summed E-state index contributed by atoms with van der Waals surface area (Å²) < 4.78 is 10.4. The fourth-order valence-corrected chi connectivity index (χ4v) is 1.45. The summed E-state index contributed by atoms with van der Waals surface area (Å²) in [7, 11) is 0. The van der Waals surface area contributed by atoms with Gasteiger partial charge in [-0.2, -0.15) is 0 Å². The second-order valence-corrected chi connectivity index (χ2v) is 5.35. The van der Waals surface area contributed by atoms with Gasteiger partial charge in [-0.1, -0.05) is 19.1 Å². The molecular formula is C15H21NO4. The average molecular weight is 279 g/mol. The zero-order chi connectivity index (χ0) is 15.2. The maximum Gasteiger partial charge on any atom is 0.412 e. The number of ether oxygens (including phenoxy) is 2. The van der Waals surface area contributed by atoms with Crippen molar-refractivity contribution < 1.29 is 19.1 Å². The molecule has 0 radical (unpaired) electrons. The van der Waals surface area contributed by atoms with Crippen LogP contribution >= 0.6 is 0 Å². The van der Waals surface area contributed by atoms with Crippen LogP contribution in [0.15, 0.2) is 24.3 Å². The summed E-state index contributed by atoms with van der Waals surface area (Å²) >= 11 is 0. The first kappa shape index (κ1) is 16.0. The third kappa shape index (κ3) is 5.73. The van der Waals surface area contributed by atoms with Gasteiger partial charge in [0.15, 0.2) is 5.75 Å². The molecule has 110 valence electrons. The first-order chi connectivity index (χ1) is 9.31. The highest BCUT2D eigenvalue weighted by Crippen LogP contribution is 2.25. The molecule has 0 aliphatic rings. The highest BCUT2D eigenvalue weighted by Gasteiger charge is 2.18. The molecule has 1 aromatic rings. The molecule has 0 fully saturated rings. The van der Waals surface area contributed by atoms with Crippen molar-refractivity contribution in [3.8, 4) is 5.75 Å². The molecule has 0 aliphatic carbocycles. The quantitative estimate of drug-likeness (QED) is 0.673. The van der Waals surface area contributed by atoms with Crippen LogP contribution in [0.4, 0.5) is 10.5 Å². The van der Waals surface area contributed by atoms with Gasteiger partial charge in [0.25, 0.3) is 0 Å².